The van der Waals surface area contributed by atoms with Gasteiger partial charge in [-0.3, -0.25) is 19.3 Å². The average Bonchev–Trinajstić information content (AvgIpc) is 3.19. The first-order valence-corrected chi connectivity index (χ1v) is 9.40. The molecule has 148 valence electrons. The van der Waals surface area contributed by atoms with Crippen LogP contribution in [0.1, 0.15) is 5.69 Å². The normalized spacial score (nSPS) is 11.4. The molecule has 0 radical (unpaired) electrons. The first-order chi connectivity index (χ1) is 14.6. The van der Waals surface area contributed by atoms with E-state index in [0.29, 0.717) is 40.8 Å². The lowest BCUT2D eigenvalue weighted by Crippen LogP contribution is -2.22. The predicted molar refractivity (Wildman–Crippen MR) is 111 cm³/mol. The summed E-state index contributed by atoms with van der Waals surface area (Å²) in [5, 5.41) is 3.43. The largest absolute Gasteiger partial charge is 0.298 e. The van der Waals surface area contributed by atoms with Gasteiger partial charge in [0.05, 0.1) is 22.9 Å². The van der Waals surface area contributed by atoms with Gasteiger partial charge in [-0.15, -0.1) is 0 Å². The van der Waals surface area contributed by atoms with Crippen LogP contribution >= 0.6 is 0 Å². The topological polar surface area (TPSA) is 85.0 Å². The highest BCUT2D eigenvalue weighted by Crippen LogP contribution is 2.23. The number of aryl methyl sites for hydroxylation is 2. The van der Waals surface area contributed by atoms with Gasteiger partial charge in [-0.25, -0.2) is 18.9 Å². The fourth-order valence-corrected chi connectivity index (χ4v) is 3.50. The van der Waals surface area contributed by atoms with E-state index in [9.17, 15) is 14.0 Å². The molecule has 5 aromatic rings. The molecule has 0 saturated carbocycles. The minimum Gasteiger partial charge on any atom is -0.298 e. The first-order valence-electron chi connectivity index (χ1n) is 9.40. The van der Waals surface area contributed by atoms with Crippen LogP contribution in [-0.4, -0.2) is 24.1 Å². The number of rotatable bonds is 4. The predicted octanol–water partition coefficient (Wildman–Crippen LogP) is 2.78. The van der Waals surface area contributed by atoms with Crippen LogP contribution in [0.15, 0.2) is 76.7 Å². The minimum absolute atomic E-state index is 0.132. The second-order valence-electron chi connectivity index (χ2n) is 6.95. The summed E-state index contributed by atoms with van der Waals surface area (Å²) in [6, 6.07) is 14.6. The Hall–Kier alpha value is -4.07. The van der Waals surface area contributed by atoms with E-state index >= 15 is 0 Å². The summed E-state index contributed by atoms with van der Waals surface area (Å²) in [4.78, 5) is 34.1. The van der Waals surface area contributed by atoms with Gasteiger partial charge < -0.3 is 0 Å². The van der Waals surface area contributed by atoms with Crippen molar-refractivity contribution in [3.8, 4) is 11.1 Å². The molecule has 2 aromatic carbocycles. The van der Waals surface area contributed by atoms with Crippen molar-refractivity contribution in [2.75, 3.05) is 0 Å². The van der Waals surface area contributed by atoms with Gasteiger partial charge in [0.1, 0.15) is 5.82 Å². The van der Waals surface area contributed by atoms with Crippen molar-refractivity contribution < 1.29 is 4.39 Å². The standard InChI is InChI=1S/C22H16FN5O2/c23-15-7-5-14(6-8-15)18-12-25-28-20(29)11-16(26-21(18)28)9-10-27-13-24-19-4-2-1-3-17(19)22(27)30/h1-8,11-13,25H,9-10H2. The Morgan fingerprint density at radius 3 is 2.67 bits per heavy atom. The highest BCUT2D eigenvalue weighted by Gasteiger charge is 2.12. The van der Waals surface area contributed by atoms with E-state index in [1.54, 1.807) is 36.5 Å². The van der Waals surface area contributed by atoms with Gasteiger partial charge in [0.2, 0.25) is 0 Å². The second kappa shape index (κ2) is 7.07. The lowest BCUT2D eigenvalue weighted by Gasteiger charge is -2.07. The summed E-state index contributed by atoms with van der Waals surface area (Å²) in [7, 11) is 0. The van der Waals surface area contributed by atoms with Crippen LogP contribution in [-0.2, 0) is 13.0 Å². The zero-order valence-electron chi connectivity index (χ0n) is 15.7. The monoisotopic (exact) mass is 401 g/mol. The maximum Gasteiger partial charge on any atom is 0.272 e. The van der Waals surface area contributed by atoms with E-state index in [4.69, 9.17) is 0 Å². The number of benzene rings is 2. The van der Waals surface area contributed by atoms with Crippen molar-refractivity contribution >= 4 is 16.6 Å². The van der Waals surface area contributed by atoms with Crippen molar-refractivity contribution in [2.24, 2.45) is 0 Å². The molecule has 0 bridgehead atoms. The molecule has 8 heteroatoms. The Morgan fingerprint density at radius 1 is 1.03 bits per heavy atom. The minimum atomic E-state index is -0.334. The van der Waals surface area contributed by atoms with Crippen LogP contribution in [0, 0.1) is 5.82 Å². The number of nitrogens with zero attached hydrogens (tertiary/aromatic N) is 4. The second-order valence-corrected chi connectivity index (χ2v) is 6.95. The van der Waals surface area contributed by atoms with Gasteiger partial charge in [0.25, 0.3) is 11.1 Å². The van der Waals surface area contributed by atoms with E-state index in [1.165, 1.54) is 33.6 Å². The van der Waals surface area contributed by atoms with Gasteiger partial charge in [0, 0.05) is 30.8 Å². The summed E-state index contributed by atoms with van der Waals surface area (Å²) in [5.41, 5.74) is 2.70. The van der Waals surface area contributed by atoms with Crippen LogP contribution in [0.5, 0.6) is 0 Å². The molecule has 0 atom stereocenters. The van der Waals surface area contributed by atoms with E-state index in [0.717, 1.165) is 5.56 Å². The van der Waals surface area contributed by atoms with Gasteiger partial charge in [-0.1, -0.05) is 24.3 Å². The quantitative estimate of drug-likeness (QED) is 0.502. The summed E-state index contributed by atoms with van der Waals surface area (Å²) in [6.07, 6.45) is 3.56. The lowest BCUT2D eigenvalue weighted by atomic mass is 10.1. The SMILES string of the molecule is O=c1c2ccccc2ncn1CCc1cc(=O)n2[nH]cc(-c3ccc(F)cc3)c2n1. The maximum atomic E-state index is 13.3. The molecule has 0 aliphatic heterocycles. The van der Waals surface area contributed by atoms with E-state index in [1.807, 2.05) is 6.07 Å². The van der Waals surface area contributed by atoms with Gasteiger partial charge in [0.15, 0.2) is 5.65 Å². The molecule has 0 spiro atoms. The molecule has 0 aliphatic carbocycles. The van der Waals surface area contributed by atoms with Crippen molar-refractivity contribution in [1.82, 2.24) is 24.1 Å². The number of halogens is 1. The molecule has 0 saturated heterocycles. The fourth-order valence-electron chi connectivity index (χ4n) is 3.50. The van der Waals surface area contributed by atoms with Crippen LogP contribution in [0.4, 0.5) is 4.39 Å². The summed E-state index contributed by atoms with van der Waals surface area (Å²) in [5.74, 6) is -0.334. The molecule has 7 nitrogen and oxygen atoms in total. The van der Waals surface area contributed by atoms with Crippen molar-refractivity contribution in [1.29, 1.82) is 0 Å². The number of nitrogens with one attached hydrogen (secondary N) is 1. The third-order valence-corrected chi connectivity index (χ3v) is 5.05. The summed E-state index contributed by atoms with van der Waals surface area (Å²) < 4.78 is 16.1. The maximum absolute atomic E-state index is 13.3. The number of H-pyrrole nitrogens is 1. The molecule has 5 rings (SSSR count). The van der Waals surface area contributed by atoms with Crippen molar-refractivity contribution in [3.05, 3.63) is 99.3 Å². The van der Waals surface area contributed by atoms with Crippen LogP contribution in [0.25, 0.3) is 27.7 Å². The lowest BCUT2D eigenvalue weighted by molar-refractivity contribution is 0.628. The molecule has 0 unspecified atom stereocenters. The number of para-hydroxylation sites is 1. The number of hydrogen-bond acceptors (Lipinski definition) is 4. The molecule has 3 heterocycles. The molecule has 30 heavy (non-hydrogen) atoms. The fraction of sp³-hybridized carbons (Fsp3) is 0.0909. The summed E-state index contributed by atoms with van der Waals surface area (Å²) in [6.45, 7) is 0.343. The Bertz CT molecular complexity index is 1500. The zero-order valence-corrected chi connectivity index (χ0v) is 15.7. The van der Waals surface area contributed by atoms with E-state index < -0.39 is 0 Å². The smallest absolute Gasteiger partial charge is 0.272 e. The average molecular weight is 401 g/mol. The van der Waals surface area contributed by atoms with Crippen LogP contribution in [0.3, 0.4) is 0 Å². The molecule has 3 aromatic heterocycles. The Kier molecular flexibility index (Phi) is 4.24. The zero-order chi connectivity index (χ0) is 20.7. The van der Waals surface area contributed by atoms with Crippen LogP contribution in [0.2, 0.25) is 0 Å². The van der Waals surface area contributed by atoms with Gasteiger partial charge in [-0.2, -0.15) is 0 Å². The molecule has 0 amide bonds. The first kappa shape index (κ1) is 18.0. The van der Waals surface area contributed by atoms with Gasteiger partial charge in [-0.05, 0) is 29.8 Å². The molecular formula is C22H16FN5O2. The third-order valence-electron chi connectivity index (χ3n) is 5.05. The Morgan fingerprint density at radius 2 is 1.83 bits per heavy atom. The number of fused-ring (bicyclic) bond motifs is 2. The molecular weight excluding hydrogens is 385 g/mol. The molecule has 0 fully saturated rings. The number of aromatic nitrogens is 5. The highest BCUT2D eigenvalue weighted by atomic mass is 19.1. The van der Waals surface area contributed by atoms with Crippen molar-refractivity contribution in [2.45, 2.75) is 13.0 Å². The molecule has 1 N–H and O–H groups in total. The van der Waals surface area contributed by atoms with E-state index in [-0.39, 0.29) is 16.9 Å². The Labute approximate surface area is 169 Å². The Balaban J connectivity index is 1.50. The highest BCUT2D eigenvalue weighted by molar-refractivity contribution is 5.77. The summed E-state index contributed by atoms with van der Waals surface area (Å²) >= 11 is 0. The van der Waals surface area contributed by atoms with Crippen molar-refractivity contribution in [3.63, 3.8) is 0 Å². The van der Waals surface area contributed by atoms with E-state index in [2.05, 4.69) is 15.1 Å². The molecule has 0 aliphatic rings. The number of hydrogen-bond donors (Lipinski definition) is 1. The van der Waals surface area contributed by atoms with Gasteiger partial charge >= 0.3 is 0 Å². The van der Waals surface area contributed by atoms with Crippen LogP contribution < -0.4 is 11.1 Å². The number of aromatic amines is 1. The third kappa shape index (κ3) is 3.08.